The fourth-order valence-electron chi connectivity index (χ4n) is 2.66. The van der Waals surface area contributed by atoms with E-state index in [1.54, 1.807) is 0 Å². The van der Waals surface area contributed by atoms with E-state index in [4.69, 9.17) is 14.9 Å². The van der Waals surface area contributed by atoms with Crippen LogP contribution < -0.4 is 11.1 Å². The van der Waals surface area contributed by atoms with Gasteiger partial charge in [0.1, 0.15) is 19.5 Å². The van der Waals surface area contributed by atoms with E-state index in [9.17, 15) is 9.18 Å². The summed E-state index contributed by atoms with van der Waals surface area (Å²) >= 11 is 0. The summed E-state index contributed by atoms with van der Waals surface area (Å²) in [6, 6.07) is 4.43. The molecule has 6 heteroatoms. The number of benzene rings is 1. The molecule has 25 heavy (non-hydrogen) atoms. The van der Waals surface area contributed by atoms with E-state index in [0.717, 1.165) is 23.6 Å². The third-order valence-electron chi connectivity index (χ3n) is 4.07. The first-order valence-corrected chi connectivity index (χ1v) is 12.3. The molecule has 1 heterocycles. The van der Waals surface area contributed by atoms with Gasteiger partial charge in [-0.3, -0.25) is 4.79 Å². The van der Waals surface area contributed by atoms with Crippen molar-refractivity contribution in [1.29, 1.82) is 0 Å². The molecular weight excluding hydrogens is 337 g/mol. The normalized spacial score (nSPS) is 13.2. The SMILES string of the molecule is CCCCOC(=O)CC(N)Cc1cc(F)cc2cc([Si](C)(C)C)oc12. The molecule has 0 spiro atoms. The van der Waals surface area contributed by atoms with E-state index >= 15 is 0 Å². The Bertz CT molecular complexity index is 736. The van der Waals surface area contributed by atoms with Crippen LogP contribution in [0.15, 0.2) is 22.6 Å². The standard InChI is InChI=1S/C19H28FNO3Si/c1-5-6-7-23-17(22)12-16(21)10-13-8-15(20)9-14-11-18(24-19(13)14)25(2,3)4/h8-9,11,16H,5-7,10,12,21H2,1-4H3. The van der Waals surface area contributed by atoms with Gasteiger partial charge in [0, 0.05) is 11.4 Å². The number of hydrogen-bond donors (Lipinski definition) is 1. The summed E-state index contributed by atoms with van der Waals surface area (Å²) < 4.78 is 25.1. The molecule has 0 bridgehead atoms. The summed E-state index contributed by atoms with van der Waals surface area (Å²) in [6.45, 7) is 8.99. The molecule has 0 aliphatic heterocycles. The Morgan fingerprint density at radius 2 is 2.04 bits per heavy atom. The average Bonchev–Trinajstić information content (AvgIpc) is 2.91. The van der Waals surface area contributed by atoms with Crippen molar-refractivity contribution in [3.63, 3.8) is 0 Å². The molecule has 0 saturated carbocycles. The first kappa shape index (κ1) is 19.7. The molecule has 2 rings (SSSR count). The second-order valence-electron chi connectivity index (χ2n) is 7.59. The van der Waals surface area contributed by atoms with E-state index in [1.807, 2.05) is 13.0 Å². The highest BCUT2D eigenvalue weighted by molar-refractivity contribution is 6.87. The Morgan fingerprint density at radius 3 is 2.68 bits per heavy atom. The molecule has 0 aliphatic rings. The molecule has 0 amide bonds. The summed E-state index contributed by atoms with van der Waals surface area (Å²) in [5.74, 6) is -0.626. The van der Waals surface area contributed by atoms with Crippen molar-refractivity contribution in [2.75, 3.05) is 6.61 Å². The molecule has 2 N–H and O–H groups in total. The Labute approximate surface area is 149 Å². The number of ether oxygens (including phenoxy) is 1. The number of halogens is 1. The largest absolute Gasteiger partial charge is 0.466 e. The van der Waals surface area contributed by atoms with Crippen molar-refractivity contribution in [1.82, 2.24) is 0 Å². The van der Waals surface area contributed by atoms with E-state index in [-0.39, 0.29) is 18.2 Å². The molecule has 0 fully saturated rings. The van der Waals surface area contributed by atoms with Crippen LogP contribution in [0.5, 0.6) is 0 Å². The van der Waals surface area contributed by atoms with Crippen LogP contribution in [0.4, 0.5) is 4.39 Å². The summed E-state index contributed by atoms with van der Waals surface area (Å²) in [5, 5.41) is 1.69. The third kappa shape index (κ3) is 5.41. The number of hydrogen-bond acceptors (Lipinski definition) is 4. The zero-order valence-electron chi connectivity index (χ0n) is 15.5. The Balaban J connectivity index is 2.14. The molecule has 1 aromatic heterocycles. The van der Waals surface area contributed by atoms with Crippen LogP contribution in [0.25, 0.3) is 11.0 Å². The zero-order chi connectivity index (χ0) is 18.6. The van der Waals surface area contributed by atoms with Crippen LogP contribution in [0, 0.1) is 5.82 Å². The maximum Gasteiger partial charge on any atom is 0.307 e. The minimum atomic E-state index is -1.64. The van der Waals surface area contributed by atoms with Crippen molar-refractivity contribution < 1.29 is 18.3 Å². The van der Waals surface area contributed by atoms with Crippen molar-refractivity contribution in [3.8, 4) is 0 Å². The molecule has 1 aromatic carbocycles. The van der Waals surface area contributed by atoms with Crippen LogP contribution in [0.3, 0.4) is 0 Å². The molecule has 1 unspecified atom stereocenters. The molecular formula is C19H28FNO3Si. The number of unbranched alkanes of at least 4 members (excludes halogenated alkanes) is 1. The molecule has 0 radical (unpaired) electrons. The van der Waals surface area contributed by atoms with Gasteiger partial charge < -0.3 is 14.9 Å². The lowest BCUT2D eigenvalue weighted by atomic mass is 10.0. The van der Waals surface area contributed by atoms with Gasteiger partial charge in [0.2, 0.25) is 0 Å². The summed E-state index contributed by atoms with van der Waals surface area (Å²) in [5.41, 5.74) is 7.47. The van der Waals surface area contributed by atoms with Crippen molar-refractivity contribution in [2.24, 2.45) is 5.73 Å². The van der Waals surface area contributed by atoms with Gasteiger partial charge in [0.15, 0.2) is 0 Å². The minimum absolute atomic E-state index is 0.114. The van der Waals surface area contributed by atoms with E-state index in [2.05, 4.69) is 19.6 Å². The Morgan fingerprint density at radius 1 is 1.32 bits per heavy atom. The van der Waals surface area contributed by atoms with Gasteiger partial charge in [-0.1, -0.05) is 33.0 Å². The molecule has 2 aromatic rings. The van der Waals surface area contributed by atoms with Crippen LogP contribution in [0.2, 0.25) is 19.6 Å². The maximum atomic E-state index is 14.0. The first-order chi connectivity index (χ1) is 11.7. The van der Waals surface area contributed by atoms with Gasteiger partial charge >= 0.3 is 5.97 Å². The predicted molar refractivity (Wildman–Crippen MR) is 101 cm³/mol. The van der Waals surface area contributed by atoms with Crippen molar-refractivity contribution in [2.45, 2.75) is 58.3 Å². The van der Waals surface area contributed by atoms with Gasteiger partial charge in [-0.25, -0.2) is 4.39 Å². The summed E-state index contributed by atoms with van der Waals surface area (Å²) in [6.07, 6.45) is 2.30. The lowest BCUT2D eigenvalue weighted by Crippen LogP contribution is -2.36. The van der Waals surface area contributed by atoms with Crippen LogP contribution in [0.1, 0.15) is 31.7 Å². The average molecular weight is 366 g/mol. The zero-order valence-corrected chi connectivity index (χ0v) is 16.5. The quantitative estimate of drug-likeness (QED) is 0.440. The van der Waals surface area contributed by atoms with Crippen LogP contribution in [-0.2, 0) is 16.0 Å². The van der Waals surface area contributed by atoms with E-state index in [0.29, 0.717) is 24.2 Å². The predicted octanol–water partition coefficient (Wildman–Crippen LogP) is 3.72. The third-order valence-corrected chi connectivity index (χ3v) is 5.79. The van der Waals surface area contributed by atoms with E-state index < -0.39 is 14.1 Å². The lowest BCUT2D eigenvalue weighted by Gasteiger charge is -2.13. The van der Waals surface area contributed by atoms with E-state index in [1.165, 1.54) is 12.1 Å². The highest BCUT2D eigenvalue weighted by atomic mass is 28.3. The number of furan rings is 1. The highest BCUT2D eigenvalue weighted by Crippen LogP contribution is 2.24. The van der Waals surface area contributed by atoms with Crippen LogP contribution >= 0.6 is 0 Å². The summed E-state index contributed by atoms with van der Waals surface area (Å²) in [7, 11) is -1.64. The topological polar surface area (TPSA) is 65.5 Å². The van der Waals surface area contributed by atoms with Gasteiger partial charge in [-0.2, -0.15) is 0 Å². The highest BCUT2D eigenvalue weighted by Gasteiger charge is 2.23. The molecule has 0 saturated heterocycles. The molecule has 0 aliphatic carbocycles. The smallest absolute Gasteiger partial charge is 0.307 e. The number of rotatable bonds is 8. The second-order valence-corrected chi connectivity index (χ2v) is 12.6. The lowest BCUT2D eigenvalue weighted by molar-refractivity contribution is -0.144. The van der Waals surface area contributed by atoms with Crippen LogP contribution in [-0.4, -0.2) is 26.7 Å². The minimum Gasteiger partial charge on any atom is -0.466 e. The first-order valence-electron chi connectivity index (χ1n) is 8.84. The van der Waals surface area contributed by atoms with Gasteiger partial charge in [0.05, 0.1) is 18.4 Å². The number of carbonyl (C=O) groups is 1. The summed E-state index contributed by atoms with van der Waals surface area (Å²) in [4.78, 5) is 11.8. The number of carbonyl (C=O) groups excluding carboxylic acids is 1. The van der Waals surface area contributed by atoms with Gasteiger partial charge in [0.25, 0.3) is 0 Å². The molecule has 138 valence electrons. The number of fused-ring (bicyclic) bond motifs is 1. The number of nitrogens with two attached hydrogens (primary N) is 1. The fourth-order valence-corrected chi connectivity index (χ4v) is 3.66. The fraction of sp³-hybridized carbons (Fsp3) is 0.526. The van der Waals surface area contributed by atoms with Gasteiger partial charge in [-0.15, -0.1) is 0 Å². The Kier molecular flexibility index (Phi) is 6.40. The molecule has 4 nitrogen and oxygen atoms in total. The van der Waals surface area contributed by atoms with Crippen molar-refractivity contribution >= 4 is 30.4 Å². The Hall–Kier alpha value is -1.66. The van der Waals surface area contributed by atoms with Crippen molar-refractivity contribution in [3.05, 3.63) is 29.6 Å². The second kappa shape index (κ2) is 8.14. The molecule has 1 atom stereocenters. The number of esters is 1. The van der Waals surface area contributed by atoms with Gasteiger partial charge in [-0.05, 0) is 36.6 Å². The monoisotopic (exact) mass is 365 g/mol. The maximum absolute atomic E-state index is 14.0.